The molecule has 0 bridgehead atoms. The lowest BCUT2D eigenvalue weighted by atomic mass is 10.1. The summed E-state index contributed by atoms with van der Waals surface area (Å²) in [6.07, 6.45) is 0.617. The molecular formula is C19H42O4Si2. The molecular weight excluding hydrogens is 348 g/mol. The molecule has 0 rings (SSSR count). The summed E-state index contributed by atoms with van der Waals surface area (Å²) in [5.74, 6) is 0. The third kappa shape index (κ3) is 6.59. The maximum Gasteiger partial charge on any atom is 0.192 e. The van der Waals surface area contributed by atoms with E-state index in [1.807, 2.05) is 0 Å². The average molecular weight is 391 g/mol. The second kappa shape index (κ2) is 8.80. The van der Waals surface area contributed by atoms with Crippen LogP contribution in [0, 0.1) is 0 Å². The molecule has 0 spiro atoms. The molecule has 0 radical (unpaired) electrons. The highest BCUT2D eigenvalue weighted by atomic mass is 28.4. The summed E-state index contributed by atoms with van der Waals surface area (Å²) >= 11 is 0. The average Bonchev–Trinajstić information content (AvgIpc) is 2.42. The van der Waals surface area contributed by atoms with Crippen LogP contribution in [0.2, 0.25) is 36.3 Å². The third-order valence-electron chi connectivity index (χ3n) is 5.86. The maximum atomic E-state index is 10.1. The molecule has 0 aromatic heterocycles. The van der Waals surface area contributed by atoms with Gasteiger partial charge >= 0.3 is 0 Å². The number of aliphatic hydroxyl groups excluding tert-OH is 1. The van der Waals surface area contributed by atoms with Crippen LogP contribution in [-0.2, 0) is 13.6 Å². The van der Waals surface area contributed by atoms with E-state index in [4.69, 9.17) is 13.6 Å². The predicted octanol–water partition coefficient (Wildman–Crippen LogP) is 4.96. The quantitative estimate of drug-likeness (QED) is 0.446. The molecule has 0 fully saturated rings. The van der Waals surface area contributed by atoms with Crippen LogP contribution in [-0.4, -0.2) is 53.8 Å². The minimum absolute atomic E-state index is 0.0543. The van der Waals surface area contributed by atoms with Gasteiger partial charge < -0.3 is 18.7 Å². The van der Waals surface area contributed by atoms with Crippen LogP contribution < -0.4 is 0 Å². The van der Waals surface area contributed by atoms with E-state index in [9.17, 15) is 5.11 Å². The van der Waals surface area contributed by atoms with Crippen molar-refractivity contribution in [2.45, 2.75) is 96.1 Å². The maximum absolute atomic E-state index is 10.1. The van der Waals surface area contributed by atoms with Crippen molar-refractivity contribution < 1.29 is 18.7 Å². The third-order valence-corrected chi connectivity index (χ3v) is 14.8. The monoisotopic (exact) mass is 390 g/mol. The van der Waals surface area contributed by atoms with Gasteiger partial charge in [0.25, 0.3) is 0 Å². The van der Waals surface area contributed by atoms with E-state index in [1.165, 1.54) is 0 Å². The zero-order valence-electron chi connectivity index (χ0n) is 18.4. The van der Waals surface area contributed by atoms with Crippen LogP contribution in [0.1, 0.15) is 41.5 Å². The molecule has 1 N–H and O–H groups in total. The fourth-order valence-corrected chi connectivity index (χ4v) is 4.64. The number of rotatable bonds is 9. The van der Waals surface area contributed by atoms with Gasteiger partial charge in [-0.1, -0.05) is 47.6 Å². The van der Waals surface area contributed by atoms with Crippen molar-refractivity contribution in [1.29, 1.82) is 0 Å². The van der Waals surface area contributed by atoms with Crippen molar-refractivity contribution >= 4 is 16.6 Å². The number of hydrogen-bond donors (Lipinski definition) is 1. The molecule has 0 saturated heterocycles. The SMILES string of the molecule is C=C[C@H](OC)[C@@H](O[Si](C)(C)C(C)(C)C)[C@@H](CO)O[Si](C)(C)C(C)(C)C. The van der Waals surface area contributed by atoms with Gasteiger partial charge in [0, 0.05) is 7.11 Å². The number of aliphatic hydroxyl groups is 1. The van der Waals surface area contributed by atoms with E-state index in [1.54, 1.807) is 13.2 Å². The minimum atomic E-state index is -2.07. The van der Waals surface area contributed by atoms with E-state index in [0.717, 1.165) is 0 Å². The molecule has 150 valence electrons. The first-order chi connectivity index (χ1) is 11.0. The van der Waals surface area contributed by atoms with Crippen molar-refractivity contribution in [2.75, 3.05) is 13.7 Å². The van der Waals surface area contributed by atoms with Crippen molar-refractivity contribution in [2.24, 2.45) is 0 Å². The van der Waals surface area contributed by atoms with Crippen LogP contribution in [0.3, 0.4) is 0 Å². The van der Waals surface area contributed by atoms with Gasteiger partial charge in [0.1, 0.15) is 12.2 Å². The Morgan fingerprint density at radius 2 is 1.32 bits per heavy atom. The normalized spacial score (nSPS) is 17.9. The van der Waals surface area contributed by atoms with Gasteiger partial charge in [-0.05, 0) is 36.3 Å². The first-order valence-corrected chi connectivity index (χ1v) is 15.0. The molecule has 0 unspecified atom stereocenters. The van der Waals surface area contributed by atoms with E-state index in [2.05, 4.69) is 74.3 Å². The summed E-state index contributed by atoms with van der Waals surface area (Å²) in [6.45, 7) is 25.8. The summed E-state index contributed by atoms with van der Waals surface area (Å²) in [6, 6.07) is 0. The molecule has 0 amide bonds. The molecule has 0 saturated carbocycles. The molecule has 0 aromatic carbocycles. The summed E-state index contributed by atoms with van der Waals surface area (Å²) in [5.41, 5.74) is 0. The Labute approximate surface area is 158 Å². The van der Waals surface area contributed by atoms with Gasteiger partial charge in [0.2, 0.25) is 0 Å². The number of ether oxygens (including phenoxy) is 1. The van der Waals surface area contributed by atoms with Crippen molar-refractivity contribution in [3.8, 4) is 0 Å². The Balaban J connectivity index is 5.76. The van der Waals surface area contributed by atoms with Gasteiger partial charge in [-0.15, -0.1) is 6.58 Å². The summed E-state index contributed by atoms with van der Waals surface area (Å²) < 4.78 is 18.8. The summed E-state index contributed by atoms with van der Waals surface area (Å²) in [4.78, 5) is 0. The van der Waals surface area contributed by atoms with Crippen molar-refractivity contribution in [3.05, 3.63) is 12.7 Å². The smallest absolute Gasteiger partial charge is 0.192 e. The van der Waals surface area contributed by atoms with Crippen molar-refractivity contribution in [3.63, 3.8) is 0 Å². The Kier molecular flexibility index (Phi) is 8.81. The van der Waals surface area contributed by atoms with Crippen LogP contribution >= 0.6 is 0 Å². The zero-order chi connectivity index (χ0) is 20.3. The van der Waals surface area contributed by atoms with E-state index >= 15 is 0 Å². The van der Waals surface area contributed by atoms with E-state index in [0.29, 0.717) is 0 Å². The minimum Gasteiger partial charge on any atom is -0.409 e. The second-order valence-electron chi connectivity index (χ2n) is 9.88. The molecule has 0 heterocycles. The molecule has 0 aromatic rings. The Morgan fingerprint density at radius 3 is 1.60 bits per heavy atom. The molecule has 3 atom stereocenters. The molecule has 0 aliphatic carbocycles. The van der Waals surface area contributed by atoms with Crippen LogP contribution in [0.15, 0.2) is 12.7 Å². The second-order valence-corrected chi connectivity index (χ2v) is 19.4. The lowest BCUT2D eigenvalue weighted by Gasteiger charge is -2.46. The zero-order valence-corrected chi connectivity index (χ0v) is 20.4. The van der Waals surface area contributed by atoms with E-state index in [-0.39, 0.29) is 28.9 Å². The number of methoxy groups -OCH3 is 1. The van der Waals surface area contributed by atoms with Gasteiger partial charge in [-0.3, -0.25) is 0 Å². The molecule has 0 aliphatic rings. The highest BCUT2D eigenvalue weighted by molar-refractivity contribution is 6.74. The van der Waals surface area contributed by atoms with Crippen molar-refractivity contribution in [1.82, 2.24) is 0 Å². The highest BCUT2D eigenvalue weighted by Crippen LogP contribution is 2.41. The first-order valence-electron chi connectivity index (χ1n) is 9.16. The standard InChI is InChI=1S/C19H42O4Si2/c1-13-15(21-8)17(23-25(11,12)19(5,6)7)16(14-20)22-24(9,10)18(2,3)4/h13,15-17,20H,1,14H2,2-12H3/t15-,16+,17+/m0/s1. The largest absolute Gasteiger partial charge is 0.409 e. The van der Waals surface area contributed by atoms with Crippen LogP contribution in [0.25, 0.3) is 0 Å². The lowest BCUT2D eigenvalue weighted by molar-refractivity contribution is -0.0601. The van der Waals surface area contributed by atoms with Gasteiger partial charge in [-0.2, -0.15) is 0 Å². The summed E-state index contributed by atoms with van der Waals surface area (Å²) in [5, 5.41) is 10.2. The molecule has 6 heteroatoms. The number of hydrogen-bond acceptors (Lipinski definition) is 4. The molecule has 4 nitrogen and oxygen atoms in total. The van der Waals surface area contributed by atoms with Crippen LogP contribution in [0.5, 0.6) is 0 Å². The van der Waals surface area contributed by atoms with Gasteiger partial charge in [0.15, 0.2) is 16.6 Å². The Bertz CT molecular complexity index is 422. The molecule has 0 aliphatic heterocycles. The van der Waals surface area contributed by atoms with Gasteiger partial charge in [-0.25, -0.2) is 0 Å². The molecule has 25 heavy (non-hydrogen) atoms. The van der Waals surface area contributed by atoms with Crippen LogP contribution in [0.4, 0.5) is 0 Å². The Hall–Kier alpha value is 0.0138. The predicted molar refractivity (Wildman–Crippen MR) is 112 cm³/mol. The Morgan fingerprint density at radius 1 is 0.920 bits per heavy atom. The fourth-order valence-electron chi connectivity index (χ4n) is 2.00. The van der Waals surface area contributed by atoms with Gasteiger partial charge in [0.05, 0.1) is 12.7 Å². The lowest BCUT2D eigenvalue weighted by Crippen LogP contribution is -2.56. The highest BCUT2D eigenvalue weighted by Gasteiger charge is 2.46. The first kappa shape index (κ1) is 25.0. The van der Waals surface area contributed by atoms with E-state index < -0.39 is 22.7 Å². The topological polar surface area (TPSA) is 47.9 Å². The summed E-state index contributed by atoms with van der Waals surface area (Å²) in [7, 11) is -2.48. The fraction of sp³-hybridized carbons (Fsp3) is 0.895.